The van der Waals surface area contributed by atoms with Gasteiger partial charge in [-0.2, -0.15) is 0 Å². The van der Waals surface area contributed by atoms with Gasteiger partial charge in [0.1, 0.15) is 5.75 Å². The fourth-order valence-corrected chi connectivity index (χ4v) is 2.41. The number of allylic oxidation sites excluding steroid dienone is 1. The largest absolute Gasteiger partial charge is 0.513 e. The van der Waals surface area contributed by atoms with E-state index >= 15 is 0 Å². The third-order valence-electron chi connectivity index (χ3n) is 3.63. The highest BCUT2D eigenvalue weighted by atomic mass is 16.5. The Morgan fingerprint density at radius 2 is 2.00 bits per heavy atom. The van der Waals surface area contributed by atoms with Gasteiger partial charge in [-0.05, 0) is 50.6 Å². The van der Waals surface area contributed by atoms with Crippen molar-refractivity contribution in [2.45, 2.75) is 39.2 Å². The number of likely N-dealkylation sites (N-methyl/N-ethyl adjacent to an activating group) is 1. The maximum Gasteiger partial charge on any atom is 0.118 e. The zero-order valence-corrected chi connectivity index (χ0v) is 12.9. The predicted octanol–water partition coefficient (Wildman–Crippen LogP) is 3.80. The first-order chi connectivity index (χ1) is 9.56. The van der Waals surface area contributed by atoms with E-state index in [1.165, 1.54) is 5.56 Å². The highest BCUT2D eigenvalue weighted by Gasteiger charge is 2.12. The second kappa shape index (κ2) is 8.64. The normalized spacial score (nSPS) is 12.4. The summed E-state index contributed by atoms with van der Waals surface area (Å²) in [5.74, 6) is 1.18. The molecule has 1 atom stereocenters. The first-order valence-electron chi connectivity index (χ1n) is 7.30. The molecule has 0 aliphatic rings. The summed E-state index contributed by atoms with van der Waals surface area (Å²) in [7, 11) is 1.69. The highest BCUT2D eigenvalue weighted by Crippen LogP contribution is 2.15. The number of hydrogen-bond acceptors (Lipinski definition) is 3. The van der Waals surface area contributed by atoms with Crippen molar-refractivity contribution in [3.05, 3.63) is 42.2 Å². The minimum absolute atomic E-state index is 0.281. The van der Waals surface area contributed by atoms with Gasteiger partial charge in [0.05, 0.1) is 12.9 Å². The van der Waals surface area contributed by atoms with Crippen molar-refractivity contribution in [1.29, 1.82) is 0 Å². The number of aliphatic hydroxyl groups is 1. The number of nitrogens with zero attached hydrogens (tertiary/aromatic N) is 1. The lowest BCUT2D eigenvalue weighted by Gasteiger charge is -2.28. The molecule has 20 heavy (non-hydrogen) atoms. The van der Waals surface area contributed by atoms with Crippen molar-refractivity contribution in [3.8, 4) is 5.75 Å². The molecule has 0 fully saturated rings. The van der Waals surface area contributed by atoms with Crippen molar-refractivity contribution in [2.24, 2.45) is 0 Å². The molecule has 1 rings (SSSR count). The van der Waals surface area contributed by atoms with Crippen molar-refractivity contribution < 1.29 is 9.84 Å². The molecule has 0 bridgehead atoms. The van der Waals surface area contributed by atoms with Crippen LogP contribution in [-0.2, 0) is 6.42 Å². The number of benzene rings is 1. The molecule has 0 aliphatic heterocycles. The van der Waals surface area contributed by atoms with Crippen LogP contribution in [0.1, 0.15) is 32.3 Å². The quantitative estimate of drug-likeness (QED) is 0.697. The molecule has 0 amide bonds. The molecule has 0 aromatic heterocycles. The van der Waals surface area contributed by atoms with Crippen molar-refractivity contribution in [2.75, 3.05) is 20.2 Å². The molecular weight excluding hydrogens is 250 g/mol. The summed E-state index contributed by atoms with van der Waals surface area (Å²) in [4.78, 5) is 2.44. The SMILES string of the molecule is C=C(O)CCCN(CC)C(C)Cc1ccc(OC)cc1. The topological polar surface area (TPSA) is 32.7 Å². The molecule has 112 valence electrons. The van der Waals surface area contributed by atoms with Crippen molar-refractivity contribution >= 4 is 0 Å². The summed E-state index contributed by atoms with van der Waals surface area (Å²) in [6.07, 6.45) is 2.67. The third-order valence-corrected chi connectivity index (χ3v) is 3.63. The van der Waals surface area contributed by atoms with Gasteiger partial charge in [-0.3, -0.25) is 0 Å². The van der Waals surface area contributed by atoms with E-state index < -0.39 is 0 Å². The summed E-state index contributed by atoms with van der Waals surface area (Å²) >= 11 is 0. The first kappa shape index (κ1) is 16.6. The Hall–Kier alpha value is -1.48. The fraction of sp³-hybridized carbons (Fsp3) is 0.529. The van der Waals surface area contributed by atoms with Crippen LogP contribution >= 0.6 is 0 Å². The van der Waals surface area contributed by atoms with E-state index in [-0.39, 0.29) is 5.76 Å². The van der Waals surface area contributed by atoms with Crippen LogP contribution < -0.4 is 4.74 Å². The second-order valence-electron chi connectivity index (χ2n) is 5.20. The van der Waals surface area contributed by atoms with Gasteiger partial charge in [0.25, 0.3) is 0 Å². The number of aliphatic hydroxyl groups excluding tert-OH is 1. The van der Waals surface area contributed by atoms with Crippen molar-refractivity contribution in [3.63, 3.8) is 0 Å². The number of hydrogen-bond donors (Lipinski definition) is 1. The molecule has 0 heterocycles. The molecule has 0 aliphatic carbocycles. The van der Waals surface area contributed by atoms with E-state index in [9.17, 15) is 0 Å². The van der Waals surface area contributed by atoms with Gasteiger partial charge in [-0.1, -0.05) is 25.6 Å². The van der Waals surface area contributed by atoms with Gasteiger partial charge in [0.15, 0.2) is 0 Å². The monoisotopic (exact) mass is 277 g/mol. The van der Waals surface area contributed by atoms with E-state index in [0.717, 1.165) is 31.7 Å². The molecule has 1 aromatic carbocycles. The van der Waals surface area contributed by atoms with Gasteiger partial charge in [0, 0.05) is 12.5 Å². The molecule has 0 saturated carbocycles. The van der Waals surface area contributed by atoms with Crippen LogP contribution in [0.25, 0.3) is 0 Å². The van der Waals surface area contributed by atoms with Crippen LogP contribution in [0.4, 0.5) is 0 Å². The summed E-state index contributed by atoms with van der Waals surface area (Å²) in [5.41, 5.74) is 1.32. The Kier molecular flexibility index (Phi) is 7.16. The maximum absolute atomic E-state index is 9.14. The maximum atomic E-state index is 9.14. The van der Waals surface area contributed by atoms with Gasteiger partial charge < -0.3 is 14.7 Å². The average Bonchev–Trinajstić information content (AvgIpc) is 2.44. The second-order valence-corrected chi connectivity index (χ2v) is 5.20. The van der Waals surface area contributed by atoms with Gasteiger partial charge in [-0.25, -0.2) is 0 Å². The zero-order chi connectivity index (χ0) is 15.0. The van der Waals surface area contributed by atoms with Crippen LogP contribution in [0, 0.1) is 0 Å². The lowest BCUT2D eigenvalue weighted by atomic mass is 10.1. The summed E-state index contributed by atoms with van der Waals surface area (Å²) in [6.45, 7) is 9.98. The van der Waals surface area contributed by atoms with E-state index in [1.807, 2.05) is 12.1 Å². The number of methoxy groups -OCH3 is 1. The minimum atomic E-state index is 0.281. The molecule has 1 unspecified atom stereocenters. The van der Waals surface area contributed by atoms with Gasteiger partial charge in [0.2, 0.25) is 0 Å². The Morgan fingerprint density at radius 3 is 2.50 bits per heavy atom. The fourth-order valence-electron chi connectivity index (χ4n) is 2.41. The van der Waals surface area contributed by atoms with Crippen LogP contribution in [-0.4, -0.2) is 36.2 Å². The Balaban J connectivity index is 2.48. The summed E-state index contributed by atoms with van der Waals surface area (Å²) in [5, 5.41) is 9.14. The number of rotatable bonds is 9. The summed E-state index contributed by atoms with van der Waals surface area (Å²) < 4.78 is 5.18. The predicted molar refractivity (Wildman–Crippen MR) is 84.4 cm³/mol. The lowest BCUT2D eigenvalue weighted by molar-refractivity contribution is 0.212. The Morgan fingerprint density at radius 1 is 1.35 bits per heavy atom. The van der Waals surface area contributed by atoms with Gasteiger partial charge >= 0.3 is 0 Å². The average molecular weight is 277 g/mol. The van der Waals surface area contributed by atoms with E-state index in [0.29, 0.717) is 12.5 Å². The smallest absolute Gasteiger partial charge is 0.118 e. The molecule has 0 radical (unpaired) electrons. The Bertz CT molecular complexity index is 400. The highest BCUT2D eigenvalue weighted by molar-refractivity contribution is 5.27. The lowest BCUT2D eigenvalue weighted by Crippen LogP contribution is -2.35. The minimum Gasteiger partial charge on any atom is -0.513 e. The standard InChI is InChI=1S/C17H27NO2/c1-5-18(12-6-7-15(3)19)14(2)13-16-8-10-17(20-4)11-9-16/h8-11,14,19H,3,5-7,12-13H2,1-2,4H3. The Labute approximate surface area is 122 Å². The van der Waals surface area contributed by atoms with Crippen molar-refractivity contribution in [1.82, 2.24) is 4.90 Å². The summed E-state index contributed by atoms with van der Waals surface area (Å²) in [6, 6.07) is 8.75. The van der Waals surface area contributed by atoms with Crippen LogP contribution in [0.3, 0.4) is 0 Å². The van der Waals surface area contributed by atoms with E-state index in [2.05, 4.69) is 37.5 Å². The molecular formula is C17H27NO2. The van der Waals surface area contributed by atoms with Crippen LogP contribution in [0.2, 0.25) is 0 Å². The number of ether oxygens (including phenoxy) is 1. The van der Waals surface area contributed by atoms with Gasteiger partial charge in [-0.15, -0.1) is 0 Å². The first-order valence-corrected chi connectivity index (χ1v) is 7.30. The van der Waals surface area contributed by atoms with Crippen LogP contribution in [0.15, 0.2) is 36.6 Å². The zero-order valence-electron chi connectivity index (χ0n) is 12.9. The van der Waals surface area contributed by atoms with E-state index in [4.69, 9.17) is 9.84 Å². The molecule has 0 spiro atoms. The van der Waals surface area contributed by atoms with E-state index in [1.54, 1.807) is 7.11 Å². The molecule has 3 nitrogen and oxygen atoms in total. The molecule has 3 heteroatoms. The van der Waals surface area contributed by atoms with Crippen LogP contribution in [0.5, 0.6) is 5.75 Å². The molecule has 1 N–H and O–H groups in total. The molecule has 1 aromatic rings. The molecule has 0 saturated heterocycles. The third kappa shape index (κ3) is 5.66.